The number of rotatable bonds is 2. The van der Waals surface area contributed by atoms with Gasteiger partial charge in [0.05, 0.1) is 4.11 Å². The summed E-state index contributed by atoms with van der Waals surface area (Å²) in [6.07, 6.45) is -0.873. The van der Waals surface area contributed by atoms with Gasteiger partial charge in [-0.2, -0.15) is 0 Å². The molecular formula is C7H11BN2O2. The van der Waals surface area contributed by atoms with Gasteiger partial charge in [-0.3, -0.25) is 0 Å². The highest BCUT2D eigenvalue weighted by molar-refractivity contribution is 6.58. The van der Waals surface area contributed by atoms with Crippen molar-refractivity contribution in [2.45, 2.75) is 0 Å². The maximum absolute atomic E-state index is 9.13. The van der Waals surface area contributed by atoms with Crippen LogP contribution in [0, 0.1) is 0 Å². The molecule has 0 aliphatic carbocycles. The van der Waals surface area contributed by atoms with Crippen LogP contribution in [0.15, 0.2) is 18.3 Å². The molecule has 0 aliphatic rings. The summed E-state index contributed by atoms with van der Waals surface area (Å²) in [6.45, 7) is -6.41. The van der Waals surface area contributed by atoms with Crippen LogP contribution in [0.3, 0.4) is 0 Å². The standard InChI is InChI=1S/C7H11BN2O2/c1-10(2)7-5-6(8(11)12)3-4-9-7/h3-5,11-12H,1-2H3/i1D3,2D3,3D,4D,5D. The molecule has 1 heterocycles. The van der Waals surface area contributed by atoms with Gasteiger partial charge in [-0.05, 0) is 17.5 Å². The van der Waals surface area contributed by atoms with Gasteiger partial charge >= 0.3 is 7.12 Å². The van der Waals surface area contributed by atoms with Gasteiger partial charge in [0.25, 0.3) is 0 Å². The van der Waals surface area contributed by atoms with E-state index >= 15 is 0 Å². The summed E-state index contributed by atoms with van der Waals surface area (Å²) in [6, 6.07) is -1.74. The fourth-order valence-electron chi connectivity index (χ4n) is 0.556. The highest BCUT2D eigenvalue weighted by Gasteiger charge is 2.11. The minimum atomic E-state index is -3.21. The summed E-state index contributed by atoms with van der Waals surface area (Å²) in [4.78, 5) is 3.18. The molecule has 0 aliphatic heterocycles. The summed E-state index contributed by atoms with van der Waals surface area (Å²) in [7, 11) is -2.34. The van der Waals surface area contributed by atoms with Gasteiger partial charge in [0.15, 0.2) is 0 Å². The first-order chi connectivity index (χ1) is 9.28. The molecule has 0 radical (unpaired) electrons. The molecule has 0 saturated heterocycles. The molecule has 0 aromatic carbocycles. The first kappa shape index (κ1) is 2.72. The quantitative estimate of drug-likeness (QED) is 0.556. The third-order valence-electron chi connectivity index (χ3n) is 1.07. The van der Waals surface area contributed by atoms with Gasteiger partial charge in [0, 0.05) is 28.3 Å². The van der Waals surface area contributed by atoms with Crippen molar-refractivity contribution >= 4 is 18.4 Å². The average Bonchev–Trinajstić information content (AvgIpc) is 2.21. The van der Waals surface area contributed by atoms with Crippen molar-refractivity contribution in [3.05, 3.63) is 18.3 Å². The molecule has 0 saturated carbocycles. The first-order valence-corrected chi connectivity index (χ1v) is 2.92. The normalized spacial score (nSPS) is 22.7. The van der Waals surface area contributed by atoms with Crippen molar-refractivity contribution in [3.8, 4) is 0 Å². The third kappa shape index (κ3) is 1.96. The van der Waals surface area contributed by atoms with E-state index in [9.17, 15) is 0 Å². The van der Waals surface area contributed by atoms with E-state index in [2.05, 4.69) is 4.98 Å². The SMILES string of the molecule is [2H]c1nc(N(C([2H])([2H])[2H])C([2H])([2H])[2H])c([2H])c(B(O)O)c1[2H]. The van der Waals surface area contributed by atoms with Gasteiger partial charge in [-0.1, -0.05) is 0 Å². The van der Waals surface area contributed by atoms with Crippen LogP contribution in [-0.2, 0) is 0 Å². The Morgan fingerprint density at radius 1 is 1.67 bits per heavy atom. The summed E-state index contributed by atoms with van der Waals surface area (Å²) in [5.74, 6) is -0.945. The zero-order valence-electron chi connectivity index (χ0n) is 14.9. The van der Waals surface area contributed by atoms with E-state index in [0.717, 1.165) is 0 Å². The average molecular weight is 175 g/mol. The Kier molecular flexibility index (Phi) is 0.805. The molecule has 0 bridgehead atoms. The minimum absolute atomic E-state index is 0.147. The Bertz CT molecular complexity index is 530. The molecule has 5 heteroatoms. The van der Waals surface area contributed by atoms with Gasteiger partial charge < -0.3 is 14.9 Å². The van der Waals surface area contributed by atoms with E-state index in [1.807, 2.05) is 0 Å². The highest BCUT2D eigenvalue weighted by atomic mass is 16.4. The van der Waals surface area contributed by atoms with Gasteiger partial charge in [0.1, 0.15) is 5.82 Å². The van der Waals surface area contributed by atoms with Crippen LogP contribution in [0.5, 0.6) is 0 Å². The van der Waals surface area contributed by atoms with Crippen molar-refractivity contribution in [2.75, 3.05) is 18.9 Å². The van der Waals surface area contributed by atoms with E-state index in [-0.39, 0.29) is 4.90 Å². The third-order valence-corrected chi connectivity index (χ3v) is 1.07. The van der Waals surface area contributed by atoms with E-state index in [4.69, 9.17) is 22.4 Å². The molecule has 4 nitrogen and oxygen atoms in total. The zero-order valence-corrected chi connectivity index (χ0v) is 5.87. The van der Waals surface area contributed by atoms with Gasteiger partial charge in [-0.15, -0.1) is 0 Å². The second kappa shape index (κ2) is 3.56. The van der Waals surface area contributed by atoms with Crippen molar-refractivity contribution in [1.82, 2.24) is 4.98 Å². The van der Waals surface area contributed by atoms with Crippen molar-refractivity contribution in [2.24, 2.45) is 0 Å². The molecule has 0 amide bonds. The molecule has 1 rings (SSSR count). The largest absolute Gasteiger partial charge is 0.488 e. The molecule has 0 fully saturated rings. The Balaban J connectivity index is 3.69. The number of pyridine rings is 1. The van der Waals surface area contributed by atoms with Crippen molar-refractivity contribution in [3.63, 3.8) is 0 Å². The number of anilines is 1. The molecule has 2 N–H and O–H groups in total. The lowest BCUT2D eigenvalue weighted by atomic mass is 9.81. The smallest absolute Gasteiger partial charge is 0.423 e. The monoisotopic (exact) mass is 175 g/mol. The number of aromatic nitrogens is 1. The van der Waals surface area contributed by atoms with E-state index in [0.29, 0.717) is 0 Å². The molecular weight excluding hydrogens is 155 g/mol. The number of hydrogen-bond donors (Lipinski definition) is 2. The van der Waals surface area contributed by atoms with E-state index in [1.54, 1.807) is 0 Å². The Morgan fingerprint density at radius 3 is 3.00 bits per heavy atom. The molecule has 64 valence electrons. The number of hydrogen-bond acceptors (Lipinski definition) is 4. The van der Waals surface area contributed by atoms with Crippen LogP contribution >= 0.6 is 0 Å². The Labute approximate surface area is 84.3 Å². The second-order valence-electron chi connectivity index (χ2n) is 1.92. The Hall–Kier alpha value is -1.07. The molecule has 0 spiro atoms. The fraction of sp³-hybridized carbons (Fsp3) is 0.286. The summed E-state index contributed by atoms with van der Waals surface area (Å²) in [5.41, 5.74) is -0.788. The first-order valence-electron chi connectivity index (χ1n) is 7.42. The minimum Gasteiger partial charge on any atom is -0.423 e. The zero-order chi connectivity index (χ0) is 16.7. The topological polar surface area (TPSA) is 56.6 Å². The van der Waals surface area contributed by atoms with Crippen molar-refractivity contribution in [1.29, 1.82) is 0 Å². The summed E-state index contributed by atoms with van der Waals surface area (Å²) < 4.78 is 65.8. The molecule has 12 heavy (non-hydrogen) atoms. The predicted molar refractivity (Wildman–Crippen MR) is 48.4 cm³/mol. The van der Waals surface area contributed by atoms with E-state index < -0.39 is 50.6 Å². The van der Waals surface area contributed by atoms with Crippen molar-refractivity contribution < 1.29 is 22.4 Å². The Morgan fingerprint density at radius 2 is 2.42 bits per heavy atom. The molecule has 0 atom stereocenters. The lowest BCUT2D eigenvalue weighted by Crippen LogP contribution is -2.30. The van der Waals surface area contributed by atoms with Crippen LogP contribution in [-0.4, -0.2) is 36.1 Å². The van der Waals surface area contributed by atoms with Crippen LogP contribution in [0.25, 0.3) is 0 Å². The predicted octanol–water partition coefficient (Wildman–Crippen LogP) is -1.17. The van der Waals surface area contributed by atoms with Gasteiger partial charge in [-0.25, -0.2) is 4.98 Å². The van der Waals surface area contributed by atoms with Crippen LogP contribution in [0.1, 0.15) is 12.3 Å². The molecule has 1 aromatic heterocycles. The van der Waals surface area contributed by atoms with E-state index in [1.165, 1.54) is 0 Å². The number of nitrogens with zero attached hydrogens (tertiary/aromatic N) is 2. The van der Waals surface area contributed by atoms with Crippen LogP contribution < -0.4 is 10.4 Å². The summed E-state index contributed by atoms with van der Waals surface area (Å²) in [5, 5.41) is 18.3. The van der Waals surface area contributed by atoms with Crippen LogP contribution in [0.2, 0.25) is 0 Å². The summed E-state index contributed by atoms with van der Waals surface area (Å²) >= 11 is 0. The fourth-order valence-corrected chi connectivity index (χ4v) is 0.556. The highest BCUT2D eigenvalue weighted by Crippen LogP contribution is 2.01. The van der Waals surface area contributed by atoms with Gasteiger partial charge in [0.2, 0.25) is 0 Å². The maximum Gasteiger partial charge on any atom is 0.488 e. The maximum atomic E-state index is 9.13. The lowest BCUT2D eigenvalue weighted by molar-refractivity contribution is 0.425. The lowest BCUT2D eigenvalue weighted by Gasteiger charge is -2.11. The second-order valence-corrected chi connectivity index (χ2v) is 1.92. The van der Waals surface area contributed by atoms with Crippen LogP contribution in [0.4, 0.5) is 5.82 Å². The molecule has 0 unspecified atom stereocenters. The molecule has 1 aromatic rings.